The van der Waals surface area contributed by atoms with Gasteiger partial charge in [0, 0.05) is 24.3 Å². The zero-order valence-electron chi connectivity index (χ0n) is 14.6. The summed E-state index contributed by atoms with van der Waals surface area (Å²) in [6.07, 6.45) is -3.83. The van der Waals surface area contributed by atoms with E-state index in [0.717, 1.165) is 6.07 Å². The third-order valence-electron chi connectivity index (χ3n) is 5.31. The van der Waals surface area contributed by atoms with Gasteiger partial charge in [0.1, 0.15) is 0 Å². The largest absolute Gasteiger partial charge is 0.435 e. The van der Waals surface area contributed by atoms with Crippen molar-refractivity contribution in [2.24, 2.45) is 13.0 Å². The molecule has 0 saturated carbocycles. The van der Waals surface area contributed by atoms with Gasteiger partial charge in [0.15, 0.2) is 5.69 Å². The fourth-order valence-corrected chi connectivity index (χ4v) is 4.42. The number of carbonyl (C=O) groups is 1. The summed E-state index contributed by atoms with van der Waals surface area (Å²) in [5.74, 6) is -1.45. The number of amides is 1. The highest BCUT2D eigenvalue weighted by Crippen LogP contribution is 2.49. The van der Waals surface area contributed by atoms with Crippen molar-refractivity contribution in [1.29, 1.82) is 0 Å². The first-order valence-electron chi connectivity index (χ1n) is 8.67. The molecule has 4 rings (SSSR count). The van der Waals surface area contributed by atoms with Gasteiger partial charge < -0.3 is 10.1 Å². The molecule has 0 aliphatic carbocycles. The number of aryl methyl sites for hydroxylation is 1. The number of halogens is 5. The standard InChI is InChI=1S/C18H16Cl2F3N3O2/c1-26-11(7-14(25-26)18(21,22)23)15-12-4-5-13(28-12)16(15)17(27)24-8-2-3-9(19)10(20)6-8/h2-3,6-7,12-13,15-16H,4-5H2,1H3,(H,24,27). The van der Waals surface area contributed by atoms with Gasteiger partial charge in [-0.1, -0.05) is 23.2 Å². The average Bonchev–Trinajstić information content (AvgIpc) is 3.31. The van der Waals surface area contributed by atoms with Gasteiger partial charge in [0.2, 0.25) is 5.91 Å². The molecule has 150 valence electrons. The monoisotopic (exact) mass is 433 g/mol. The smallest absolute Gasteiger partial charge is 0.373 e. The summed E-state index contributed by atoms with van der Waals surface area (Å²) in [6.45, 7) is 0. The maximum atomic E-state index is 13.1. The van der Waals surface area contributed by atoms with Crippen LogP contribution in [0.15, 0.2) is 24.3 Å². The van der Waals surface area contributed by atoms with E-state index < -0.39 is 23.7 Å². The molecule has 1 N–H and O–H groups in total. The summed E-state index contributed by atoms with van der Waals surface area (Å²) in [4.78, 5) is 13.0. The van der Waals surface area contributed by atoms with E-state index in [1.54, 1.807) is 12.1 Å². The van der Waals surface area contributed by atoms with Crippen LogP contribution in [0.5, 0.6) is 0 Å². The lowest BCUT2D eigenvalue weighted by Crippen LogP contribution is -2.36. The number of hydrogen-bond acceptors (Lipinski definition) is 3. The normalized spacial score (nSPS) is 26.6. The molecule has 5 nitrogen and oxygen atoms in total. The highest BCUT2D eigenvalue weighted by atomic mass is 35.5. The predicted molar refractivity (Wildman–Crippen MR) is 97.4 cm³/mol. The Hall–Kier alpha value is -1.77. The van der Waals surface area contributed by atoms with Gasteiger partial charge in [-0.3, -0.25) is 9.48 Å². The summed E-state index contributed by atoms with van der Waals surface area (Å²) in [7, 11) is 1.45. The Kier molecular flexibility index (Phi) is 4.84. The van der Waals surface area contributed by atoms with Crippen molar-refractivity contribution in [3.05, 3.63) is 45.7 Å². The number of alkyl halides is 3. The fraction of sp³-hybridized carbons (Fsp3) is 0.444. The lowest BCUT2D eigenvalue weighted by Gasteiger charge is -2.27. The van der Waals surface area contributed by atoms with Gasteiger partial charge in [-0.25, -0.2) is 0 Å². The molecule has 10 heteroatoms. The van der Waals surface area contributed by atoms with Crippen molar-refractivity contribution in [1.82, 2.24) is 9.78 Å². The first-order chi connectivity index (χ1) is 13.1. The van der Waals surface area contributed by atoms with E-state index in [-0.39, 0.29) is 18.1 Å². The second-order valence-electron chi connectivity index (χ2n) is 7.04. The van der Waals surface area contributed by atoms with Gasteiger partial charge in [-0.15, -0.1) is 0 Å². The molecule has 0 spiro atoms. The molecule has 28 heavy (non-hydrogen) atoms. The number of fused-ring (bicyclic) bond motifs is 2. The number of carbonyl (C=O) groups excluding carboxylic acids is 1. The number of nitrogens with zero attached hydrogens (tertiary/aromatic N) is 2. The molecule has 2 aliphatic heterocycles. The van der Waals surface area contributed by atoms with Crippen molar-refractivity contribution in [3.8, 4) is 0 Å². The summed E-state index contributed by atoms with van der Waals surface area (Å²) in [6, 6.07) is 5.71. The van der Waals surface area contributed by atoms with Gasteiger partial charge >= 0.3 is 6.18 Å². The molecule has 0 radical (unpaired) electrons. The maximum absolute atomic E-state index is 13.1. The molecule has 2 fully saturated rings. The van der Waals surface area contributed by atoms with Crippen LogP contribution < -0.4 is 5.32 Å². The number of anilines is 1. The molecule has 1 amide bonds. The molecule has 2 bridgehead atoms. The minimum Gasteiger partial charge on any atom is -0.373 e. The predicted octanol–water partition coefficient (Wildman–Crippen LogP) is 4.65. The first kappa shape index (κ1) is 19.5. The van der Waals surface area contributed by atoms with Crippen molar-refractivity contribution in [2.75, 3.05) is 5.32 Å². The third-order valence-corrected chi connectivity index (χ3v) is 6.05. The molecule has 2 saturated heterocycles. The number of rotatable bonds is 3. The topological polar surface area (TPSA) is 56.2 Å². The molecule has 2 aliphatic rings. The van der Waals surface area contributed by atoms with E-state index in [1.807, 2.05) is 0 Å². The second-order valence-corrected chi connectivity index (χ2v) is 7.85. The van der Waals surface area contributed by atoms with Gasteiger partial charge in [-0.05, 0) is 37.1 Å². The zero-order chi connectivity index (χ0) is 20.2. The summed E-state index contributed by atoms with van der Waals surface area (Å²) in [5, 5.41) is 7.01. The van der Waals surface area contributed by atoms with E-state index in [4.69, 9.17) is 27.9 Å². The van der Waals surface area contributed by atoms with Gasteiger partial charge in [-0.2, -0.15) is 18.3 Å². The van der Waals surface area contributed by atoms with Crippen LogP contribution in [-0.4, -0.2) is 27.9 Å². The molecule has 1 aromatic heterocycles. The lowest BCUT2D eigenvalue weighted by molar-refractivity contribution is -0.141. The molecule has 4 unspecified atom stereocenters. The second kappa shape index (κ2) is 6.93. The number of ether oxygens (including phenoxy) is 1. The number of benzene rings is 1. The Bertz CT molecular complexity index is 931. The average molecular weight is 434 g/mol. The molecular formula is C18H16Cl2F3N3O2. The number of nitrogens with one attached hydrogen (secondary N) is 1. The minimum absolute atomic E-state index is 0.293. The van der Waals surface area contributed by atoms with E-state index >= 15 is 0 Å². The Morgan fingerprint density at radius 1 is 1.21 bits per heavy atom. The van der Waals surface area contributed by atoms with E-state index in [1.165, 1.54) is 17.8 Å². The van der Waals surface area contributed by atoms with Gasteiger partial charge in [0.25, 0.3) is 0 Å². The fourth-order valence-electron chi connectivity index (χ4n) is 4.12. The summed E-state index contributed by atoms with van der Waals surface area (Å²) < 4.78 is 46.2. The Morgan fingerprint density at radius 3 is 2.57 bits per heavy atom. The third kappa shape index (κ3) is 3.38. The molecule has 2 aromatic rings. The van der Waals surface area contributed by atoms with Crippen molar-refractivity contribution < 1.29 is 22.7 Å². The Morgan fingerprint density at radius 2 is 1.93 bits per heavy atom. The molecule has 4 atom stereocenters. The molecular weight excluding hydrogens is 418 g/mol. The Balaban J connectivity index is 1.63. The van der Waals surface area contributed by atoms with Crippen molar-refractivity contribution >= 4 is 34.8 Å². The van der Waals surface area contributed by atoms with E-state index in [0.29, 0.717) is 34.3 Å². The lowest BCUT2D eigenvalue weighted by atomic mass is 9.76. The minimum atomic E-state index is -4.55. The van der Waals surface area contributed by atoms with E-state index in [9.17, 15) is 18.0 Å². The summed E-state index contributed by atoms with van der Waals surface area (Å²) in [5.41, 5.74) is -0.174. The van der Waals surface area contributed by atoms with Crippen LogP contribution in [0, 0.1) is 5.92 Å². The molecule has 3 heterocycles. The zero-order valence-corrected chi connectivity index (χ0v) is 16.1. The maximum Gasteiger partial charge on any atom is 0.435 e. The van der Waals surface area contributed by atoms with Crippen molar-refractivity contribution in [2.45, 2.75) is 37.1 Å². The van der Waals surface area contributed by atoms with Gasteiger partial charge in [0.05, 0.1) is 28.2 Å². The van der Waals surface area contributed by atoms with Crippen LogP contribution in [-0.2, 0) is 22.8 Å². The quantitative estimate of drug-likeness (QED) is 0.766. The molecule has 1 aromatic carbocycles. The van der Waals surface area contributed by atoms with Crippen LogP contribution in [0.3, 0.4) is 0 Å². The van der Waals surface area contributed by atoms with Crippen LogP contribution in [0.1, 0.15) is 30.1 Å². The SMILES string of the molecule is Cn1nc(C(F)(F)F)cc1C1C2CCC(O2)C1C(=O)Nc1ccc(Cl)c(Cl)c1. The first-order valence-corrected chi connectivity index (χ1v) is 9.43. The van der Waals surface area contributed by atoms with Crippen LogP contribution >= 0.6 is 23.2 Å². The number of aromatic nitrogens is 2. The Labute approximate surface area is 168 Å². The highest BCUT2D eigenvalue weighted by molar-refractivity contribution is 6.42. The van der Waals surface area contributed by atoms with Crippen LogP contribution in [0.2, 0.25) is 10.0 Å². The summed E-state index contributed by atoms with van der Waals surface area (Å²) >= 11 is 11.9. The van der Waals surface area contributed by atoms with Crippen LogP contribution in [0.25, 0.3) is 0 Å². The van der Waals surface area contributed by atoms with E-state index in [2.05, 4.69) is 10.4 Å². The highest BCUT2D eigenvalue weighted by Gasteiger charge is 2.54. The van der Waals surface area contributed by atoms with Crippen molar-refractivity contribution in [3.63, 3.8) is 0 Å². The van der Waals surface area contributed by atoms with Crippen LogP contribution in [0.4, 0.5) is 18.9 Å². The number of hydrogen-bond donors (Lipinski definition) is 1.